The van der Waals surface area contributed by atoms with Crippen molar-refractivity contribution < 1.29 is 33.4 Å². The summed E-state index contributed by atoms with van der Waals surface area (Å²) >= 11 is 0. The summed E-state index contributed by atoms with van der Waals surface area (Å²) < 4.78 is 16.9. The maximum Gasteiger partial charge on any atom is 0.415 e. The summed E-state index contributed by atoms with van der Waals surface area (Å²) in [7, 11) is 1.32. The van der Waals surface area contributed by atoms with E-state index in [9.17, 15) is 19.2 Å². The molecule has 3 aromatic rings. The molecule has 0 fully saturated rings. The van der Waals surface area contributed by atoms with Crippen LogP contribution in [-0.4, -0.2) is 65.7 Å². The van der Waals surface area contributed by atoms with Crippen molar-refractivity contribution in [2.45, 2.75) is 89.9 Å². The Hall–Kier alpha value is -4.70. The van der Waals surface area contributed by atoms with Gasteiger partial charge in [-0.05, 0) is 62.4 Å². The van der Waals surface area contributed by atoms with E-state index >= 15 is 0 Å². The third-order valence-electron chi connectivity index (χ3n) is 8.53. The summed E-state index contributed by atoms with van der Waals surface area (Å²) in [6.45, 7) is 7.52. The summed E-state index contributed by atoms with van der Waals surface area (Å²) in [6, 6.07) is 22.1. The van der Waals surface area contributed by atoms with Crippen LogP contribution >= 0.6 is 0 Å². The molecule has 0 unspecified atom stereocenters. The zero-order valence-corrected chi connectivity index (χ0v) is 27.6. The van der Waals surface area contributed by atoms with Crippen molar-refractivity contribution in [1.82, 2.24) is 10.2 Å². The minimum atomic E-state index is -1.12. The van der Waals surface area contributed by atoms with Crippen LogP contribution in [0.5, 0.6) is 0 Å². The van der Waals surface area contributed by atoms with Crippen molar-refractivity contribution in [3.8, 4) is 0 Å². The SMILES string of the molecule is COC(=O)C[C@H]1Cc2ccccc2CN1C(=O)[C@@H](NC(=O)[C@H]1Cc2ccccc2N1C(=O)OC(C)(C)C)[C@@H](C)OCc1ccccc1. The highest BCUT2D eigenvalue weighted by Gasteiger charge is 2.44. The molecule has 10 heteroatoms. The number of carbonyl (C=O) groups is 4. The van der Waals surface area contributed by atoms with Gasteiger partial charge in [-0.2, -0.15) is 0 Å². The molecule has 4 atom stereocenters. The standard InChI is InChI=1S/C37H43N3O7/c1-24(46-23-25-13-7-6-8-14-25)33(35(43)39-22-28-17-10-9-15-26(28)19-29(39)21-32(41)45-5)38-34(42)31-20-27-16-11-12-18-30(27)40(31)36(44)47-37(2,3)4/h6-18,24,29,31,33H,19-23H2,1-5H3,(H,38,42)/t24-,29-,31-,33+/m1/s1. The predicted molar refractivity (Wildman–Crippen MR) is 176 cm³/mol. The number of amides is 3. The quantitative estimate of drug-likeness (QED) is 0.329. The largest absolute Gasteiger partial charge is 0.469 e. The van der Waals surface area contributed by atoms with E-state index in [1.807, 2.05) is 66.7 Å². The lowest BCUT2D eigenvalue weighted by Gasteiger charge is -2.40. The first-order valence-electron chi connectivity index (χ1n) is 15.9. The monoisotopic (exact) mass is 641 g/mol. The Morgan fingerprint density at radius 3 is 2.19 bits per heavy atom. The molecule has 0 bridgehead atoms. The van der Waals surface area contributed by atoms with Crippen molar-refractivity contribution in [2.24, 2.45) is 0 Å². The van der Waals surface area contributed by atoms with Crippen molar-refractivity contribution in [3.63, 3.8) is 0 Å². The van der Waals surface area contributed by atoms with Crippen LogP contribution in [0.1, 0.15) is 56.4 Å². The van der Waals surface area contributed by atoms with Gasteiger partial charge in [0.05, 0.1) is 31.9 Å². The average Bonchev–Trinajstić information content (AvgIpc) is 3.45. The minimum absolute atomic E-state index is 0.000844. The smallest absolute Gasteiger partial charge is 0.415 e. The highest BCUT2D eigenvalue weighted by Crippen LogP contribution is 2.34. The van der Waals surface area contributed by atoms with Gasteiger partial charge in [0.2, 0.25) is 11.8 Å². The lowest BCUT2D eigenvalue weighted by molar-refractivity contribution is -0.148. The van der Waals surface area contributed by atoms with Gasteiger partial charge in [0.15, 0.2) is 0 Å². The number of benzene rings is 3. The van der Waals surface area contributed by atoms with Crippen LogP contribution < -0.4 is 10.2 Å². The van der Waals surface area contributed by atoms with Crippen LogP contribution in [0.3, 0.4) is 0 Å². The summed E-state index contributed by atoms with van der Waals surface area (Å²) in [6.07, 6.45) is -0.697. The van der Waals surface area contributed by atoms with Gasteiger partial charge in [0, 0.05) is 19.0 Å². The molecule has 0 radical (unpaired) electrons. The highest BCUT2D eigenvalue weighted by atomic mass is 16.6. The predicted octanol–water partition coefficient (Wildman–Crippen LogP) is 4.96. The molecule has 0 aliphatic carbocycles. The fourth-order valence-corrected chi connectivity index (χ4v) is 6.14. The van der Waals surface area contributed by atoms with Crippen LogP contribution in [-0.2, 0) is 54.6 Å². The Kier molecular flexibility index (Phi) is 10.3. The number of nitrogens with zero attached hydrogens (tertiary/aromatic N) is 2. The Labute approximate surface area is 276 Å². The Morgan fingerprint density at radius 2 is 1.51 bits per heavy atom. The maximum absolute atomic E-state index is 14.6. The van der Waals surface area contributed by atoms with E-state index in [1.165, 1.54) is 12.0 Å². The molecule has 2 aliphatic rings. The number of ether oxygens (including phenoxy) is 3. The van der Waals surface area contributed by atoms with Crippen LogP contribution in [0, 0.1) is 0 Å². The molecule has 3 aromatic carbocycles. The molecule has 2 aliphatic heterocycles. The molecular weight excluding hydrogens is 598 g/mol. The first kappa shape index (κ1) is 33.7. The number of rotatable bonds is 9. The van der Waals surface area contributed by atoms with Crippen LogP contribution in [0.4, 0.5) is 10.5 Å². The van der Waals surface area contributed by atoms with Crippen molar-refractivity contribution in [1.29, 1.82) is 0 Å². The number of hydrogen-bond acceptors (Lipinski definition) is 7. The maximum atomic E-state index is 14.6. The van der Waals surface area contributed by atoms with Gasteiger partial charge in [-0.15, -0.1) is 0 Å². The van der Waals surface area contributed by atoms with Gasteiger partial charge in [-0.25, -0.2) is 4.79 Å². The van der Waals surface area contributed by atoms with Gasteiger partial charge < -0.3 is 24.4 Å². The van der Waals surface area contributed by atoms with E-state index in [2.05, 4.69) is 5.32 Å². The van der Waals surface area contributed by atoms with Gasteiger partial charge in [-0.1, -0.05) is 72.8 Å². The number of methoxy groups -OCH3 is 1. The molecule has 1 N–H and O–H groups in total. The highest BCUT2D eigenvalue weighted by molar-refractivity contribution is 6.02. The van der Waals surface area contributed by atoms with Crippen LogP contribution in [0.2, 0.25) is 0 Å². The summed E-state index contributed by atoms with van der Waals surface area (Å²) in [5, 5.41) is 2.97. The number of esters is 1. The molecule has 0 saturated carbocycles. The lowest BCUT2D eigenvalue weighted by Crippen LogP contribution is -2.60. The molecular formula is C37H43N3O7. The second-order valence-electron chi connectivity index (χ2n) is 13.1. The fraction of sp³-hybridized carbons (Fsp3) is 0.405. The van der Waals surface area contributed by atoms with Gasteiger partial charge in [0.25, 0.3) is 0 Å². The number of hydrogen-bond donors (Lipinski definition) is 1. The third-order valence-corrected chi connectivity index (χ3v) is 8.53. The zero-order valence-electron chi connectivity index (χ0n) is 27.6. The van der Waals surface area contributed by atoms with Crippen molar-refractivity contribution >= 4 is 29.6 Å². The second-order valence-corrected chi connectivity index (χ2v) is 13.1. The molecule has 0 spiro atoms. The first-order valence-corrected chi connectivity index (χ1v) is 15.9. The second kappa shape index (κ2) is 14.4. The lowest BCUT2D eigenvalue weighted by atomic mass is 9.91. The molecule has 3 amide bonds. The van der Waals surface area contributed by atoms with E-state index in [1.54, 1.807) is 44.7 Å². The third kappa shape index (κ3) is 8.00. The van der Waals surface area contributed by atoms with E-state index < -0.39 is 47.8 Å². The van der Waals surface area contributed by atoms with Crippen LogP contribution in [0.25, 0.3) is 0 Å². The average molecular weight is 642 g/mol. The number of fused-ring (bicyclic) bond motifs is 2. The molecule has 5 rings (SSSR count). The normalized spacial score (nSPS) is 18.4. The van der Waals surface area contributed by atoms with Crippen LogP contribution in [0.15, 0.2) is 78.9 Å². The molecule has 0 aromatic heterocycles. The number of carbonyl (C=O) groups excluding carboxylic acids is 4. The van der Waals surface area contributed by atoms with Crippen molar-refractivity contribution in [3.05, 3.63) is 101 Å². The number of anilines is 1. The number of nitrogens with one attached hydrogen (secondary N) is 1. The van der Waals surface area contributed by atoms with E-state index in [0.29, 0.717) is 12.1 Å². The molecule has 47 heavy (non-hydrogen) atoms. The Morgan fingerprint density at radius 1 is 0.872 bits per heavy atom. The first-order chi connectivity index (χ1) is 22.4. The Balaban J connectivity index is 1.45. The molecule has 0 saturated heterocycles. The van der Waals surface area contributed by atoms with E-state index in [0.717, 1.165) is 22.3 Å². The van der Waals surface area contributed by atoms with Gasteiger partial charge >= 0.3 is 12.1 Å². The topological polar surface area (TPSA) is 114 Å². The molecule has 2 heterocycles. The Bertz CT molecular complexity index is 1600. The molecule has 248 valence electrons. The summed E-state index contributed by atoms with van der Waals surface area (Å²) in [5.74, 6) is -1.33. The van der Waals surface area contributed by atoms with Crippen molar-refractivity contribution in [2.75, 3.05) is 12.0 Å². The van der Waals surface area contributed by atoms with Gasteiger partial charge in [-0.3, -0.25) is 19.3 Å². The molecule has 10 nitrogen and oxygen atoms in total. The summed E-state index contributed by atoms with van der Waals surface area (Å²) in [4.78, 5) is 57.8. The van der Waals surface area contributed by atoms with Gasteiger partial charge in [0.1, 0.15) is 17.7 Å². The number of para-hydroxylation sites is 1. The van der Waals surface area contributed by atoms with E-state index in [4.69, 9.17) is 14.2 Å². The summed E-state index contributed by atoms with van der Waals surface area (Å²) in [5.41, 5.74) is 3.55. The van der Waals surface area contributed by atoms with E-state index in [-0.39, 0.29) is 31.9 Å². The fourth-order valence-electron chi connectivity index (χ4n) is 6.14. The zero-order chi connectivity index (χ0) is 33.7. The minimum Gasteiger partial charge on any atom is -0.469 e.